The quantitative estimate of drug-likeness (QED) is 0.602. The van der Waals surface area contributed by atoms with Crippen molar-refractivity contribution in [2.45, 2.75) is 18.7 Å². The second-order valence-corrected chi connectivity index (χ2v) is 6.77. The Balaban J connectivity index is 1.94. The van der Waals surface area contributed by atoms with Gasteiger partial charge in [-0.05, 0) is 60.2 Å². The predicted octanol–water partition coefficient (Wildman–Crippen LogP) is 4.64. The van der Waals surface area contributed by atoms with Gasteiger partial charge in [0.1, 0.15) is 0 Å². The third kappa shape index (κ3) is 4.24. The third-order valence-corrected chi connectivity index (χ3v) is 4.95. The summed E-state index contributed by atoms with van der Waals surface area (Å²) < 4.78 is 1.05. The topological polar surface area (TPSA) is 29.1 Å². The van der Waals surface area contributed by atoms with Crippen LogP contribution in [0.1, 0.15) is 11.1 Å². The lowest BCUT2D eigenvalue weighted by molar-refractivity contribution is -0.113. The molecule has 0 heterocycles. The van der Waals surface area contributed by atoms with Crippen LogP contribution in [-0.2, 0) is 4.79 Å². The lowest BCUT2D eigenvalue weighted by Crippen LogP contribution is -2.14. The maximum absolute atomic E-state index is 12.0. The van der Waals surface area contributed by atoms with Crippen LogP contribution in [0.2, 0.25) is 0 Å². The zero-order valence-electron chi connectivity index (χ0n) is 11.4. The van der Waals surface area contributed by atoms with Crippen LogP contribution in [0.3, 0.4) is 0 Å². The molecule has 0 radical (unpaired) electrons. The Morgan fingerprint density at radius 2 is 1.95 bits per heavy atom. The largest absolute Gasteiger partial charge is 0.324 e. The van der Waals surface area contributed by atoms with Crippen molar-refractivity contribution in [1.29, 1.82) is 0 Å². The fourth-order valence-corrected chi connectivity index (χ4v) is 3.19. The highest BCUT2D eigenvalue weighted by Crippen LogP contribution is 2.24. The van der Waals surface area contributed by atoms with Crippen LogP contribution < -0.4 is 5.32 Å². The molecule has 104 valence electrons. The van der Waals surface area contributed by atoms with Crippen LogP contribution in [0.25, 0.3) is 0 Å². The number of rotatable bonds is 4. The summed E-state index contributed by atoms with van der Waals surface area (Å²) >= 11 is 3.80. The molecule has 0 aromatic heterocycles. The molecule has 0 fully saturated rings. The Hall–Kier alpha value is -1.01. The van der Waals surface area contributed by atoms with E-state index < -0.39 is 0 Å². The molecule has 0 atom stereocenters. The standard InChI is InChI=1S/C16H16INOS/c1-11-7-8-15(12(2)9-11)20-10-16(19)18-14-6-4-3-5-13(14)17/h3-9H,10H2,1-2H3,(H,18,19). The molecular formula is C16H16INOS. The highest BCUT2D eigenvalue weighted by molar-refractivity contribution is 14.1. The van der Waals surface area contributed by atoms with E-state index in [9.17, 15) is 4.79 Å². The third-order valence-electron chi connectivity index (χ3n) is 2.84. The normalized spacial score (nSPS) is 10.3. The Labute approximate surface area is 137 Å². The molecule has 0 aliphatic heterocycles. The number of amides is 1. The second-order valence-electron chi connectivity index (χ2n) is 4.59. The number of para-hydroxylation sites is 1. The molecule has 1 amide bonds. The molecule has 2 rings (SSSR count). The molecule has 0 spiro atoms. The molecule has 1 N–H and O–H groups in total. The van der Waals surface area contributed by atoms with Crippen molar-refractivity contribution in [3.05, 3.63) is 57.2 Å². The molecule has 0 bridgehead atoms. The van der Waals surface area contributed by atoms with Crippen molar-refractivity contribution < 1.29 is 4.79 Å². The van der Waals surface area contributed by atoms with Gasteiger partial charge in [0.05, 0.1) is 11.4 Å². The van der Waals surface area contributed by atoms with Crippen molar-refractivity contribution in [3.63, 3.8) is 0 Å². The van der Waals surface area contributed by atoms with E-state index in [4.69, 9.17) is 0 Å². The molecular weight excluding hydrogens is 381 g/mol. The average molecular weight is 397 g/mol. The van der Waals surface area contributed by atoms with Gasteiger partial charge in [-0.1, -0.05) is 29.8 Å². The van der Waals surface area contributed by atoms with Crippen molar-refractivity contribution in [3.8, 4) is 0 Å². The van der Waals surface area contributed by atoms with Gasteiger partial charge in [-0.15, -0.1) is 11.8 Å². The van der Waals surface area contributed by atoms with E-state index in [1.807, 2.05) is 24.3 Å². The van der Waals surface area contributed by atoms with Crippen LogP contribution in [0, 0.1) is 17.4 Å². The first kappa shape index (κ1) is 15.4. The van der Waals surface area contributed by atoms with E-state index in [1.54, 1.807) is 11.8 Å². The van der Waals surface area contributed by atoms with Gasteiger partial charge in [0.25, 0.3) is 0 Å². The van der Waals surface area contributed by atoms with E-state index in [1.165, 1.54) is 11.1 Å². The summed E-state index contributed by atoms with van der Waals surface area (Å²) in [6.45, 7) is 4.15. The van der Waals surface area contributed by atoms with E-state index in [-0.39, 0.29) is 5.91 Å². The minimum absolute atomic E-state index is 0.0269. The van der Waals surface area contributed by atoms with Crippen LogP contribution in [0.5, 0.6) is 0 Å². The van der Waals surface area contributed by atoms with Crippen molar-refractivity contribution in [2.24, 2.45) is 0 Å². The monoisotopic (exact) mass is 397 g/mol. The highest BCUT2D eigenvalue weighted by Gasteiger charge is 2.07. The van der Waals surface area contributed by atoms with Gasteiger partial charge < -0.3 is 5.32 Å². The Morgan fingerprint density at radius 3 is 2.65 bits per heavy atom. The number of benzene rings is 2. The van der Waals surface area contributed by atoms with Crippen molar-refractivity contribution in [1.82, 2.24) is 0 Å². The predicted molar refractivity (Wildman–Crippen MR) is 94.4 cm³/mol. The minimum atomic E-state index is 0.0269. The molecule has 0 saturated heterocycles. The summed E-state index contributed by atoms with van der Waals surface area (Å²) in [7, 11) is 0. The number of hydrogen-bond donors (Lipinski definition) is 1. The summed E-state index contributed by atoms with van der Waals surface area (Å²) in [5.41, 5.74) is 3.34. The molecule has 0 aliphatic rings. The number of anilines is 1. The van der Waals surface area contributed by atoms with E-state index in [0.29, 0.717) is 5.75 Å². The van der Waals surface area contributed by atoms with Gasteiger partial charge in [0.15, 0.2) is 0 Å². The molecule has 0 saturated carbocycles. The number of thioether (sulfide) groups is 1. The van der Waals surface area contributed by atoms with Gasteiger partial charge in [-0.2, -0.15) is 0 Å². The maximum Gasteiger partial charge on any atom is 0.234 e. The zero-order valence-corrected chi connectivity index (χ0v) is 14.4. The highest BCUT2D eigenvalue weighted by atomic mass is 127. The van der Waals surface area contributed by atoms with Crippen LogP contribution in [0.4, 0.5) is 5.69 Å². The Kier molecular flexibility index (Phi) is 5.48. The van der Waals surface area contributed by atoms with Crippen molar-refractivity contribution >= 4 is 45.9 Å². The Morgan fingerprint density at radius 1 is 1.20 bits per heavy atom. The van der Waals surface area contributed by atoms with Crippen LogP contribution >= 0.6 is 34.4 Å². The first-order valence-electron chi connectivity index (χ1n) is 6.30. The number of hydrogen-bond acceptors (Lipinski definition) is 2. The maximum atomic E-state index is 12.0. The minimum Gasteiger partial charge on any atom is -0.324 e. The van der Waals surface area contributed by atoms with Gasteiger partial charge in [0, 0.05) is 8.47 Å². The zero-order chi connectivity index (χ0) is 14.5. The molecule has 2 nitrogen and oxygen atoms in total. The van der Waals surface area contributed by atoms with Gasteiger partial charge >= 0.3 is 0 Å². The number of aryl methyl sites for hydroxylation is 2. The van der Waals surface area contributed by atoms with Crippen LogP contribution in [-0.4, -0.2) is 11.7 Å². The fourth-order valence-electron chi connectivity index (χ4n) is 1.85. The summed E-state index contributed by atoms with van der Waals surface area (Å²) in [5, 5.41) is 2.94. The second kappa shape index (κ2) is 7.13. The van der Waals surface area contributed by atoms with Crippen LogP contribution in [0.15, 0.2) is 47.4 Å². The first-order chi connectivity index (χ1) is 9.56. The molecule has 4 heteroatoms. The smallest absolute Gasteiger partial charge is 0.234 e. The van der Waals surface area contributed by atoms with E-state index in [0.717, 1.165) is 14.2 Å². The fraction of sp³-hybridized carbons (Fsp3) is 0.188. The summed E-state index contributed by atoms with van der Waals surface area (Å²) in [6, 6.07) is 14.1. The Bertz CT molecular complexity index is 628. The number of nitrogens with one attached hydrogen (secondary N) is 1. The lowest BCUT2D eigenvalue weighted by atomic mass is 10.2. The average Bonchev–Trinajstić information content (AvgIpc) is 2.40. The summed E-state index contributed by atoms with van der Waals surface area (Å²) in [4.78, 5) is 13.1. The van der Waals surface area contributed by atoms with E-state index >= 15 is 0 Å². The van der Waals surface area contributed by atoms with Crippen molar-refractivity contribution in [2.75, 3.05) is 11.1 Å². The summed E-state index contributed by atoms with van der Waals surface area (Å²) in [5.74, 6) is 0.452. The lowest BCUT2D eigenvalue weighted by Gasteiger charge is -2.08. The number of carbonyl (C=O) groups is 1. The van der Waals surface area contributed by atoms with Gasteiger partial charge in [0.2, 0.25) is 5.91 Å². The molecule has 2 aromatic rings. The van der Waals surface area contributed by atoms with E-state index in [2.05, 4.69) is 60.0 Å². The molecule has 0 aliphatic carbocycles. The summed E-state index contributed by atoms with van der Waals surface area (Å²) in [6.07, 6.45) is 0. The van der Waals surface area contributed by atoms with Gasteiger partial charge in [-0.3, -0.25) is 4.79 Å². The van der Waals surface area contributed by atoms with Gasteiger partial charge in [-0.25, -0.2) is 0 Å². The molecule has 20 heavy (non-hydrogen) atoms. The molecule has 0 unspecified atom stereocenters. The SMILES string of the molecule is Cc1ccc(SCC(=O)Nc2ccccc2I)c(C)c1. The number of carbonyl (C=O) groups excluding carboxylic acids is 1. The first-order valence-corrected chi connectivity index (χ1v) is 8.37. The molecule has 2 aromatic carbocycles. The number of halogens is 1.